The summed E-state index contributed by atoms with van der Waals surface area (Å²) >= 11 is 0. The zero-order valence-electron chi connectivity index (χ0n) is 33.8. The van der Waals surface area contributed by atoms with Gasteiger partial charge in [-0.1, -0.05) is 166 Å². The number of hydrogen-bond acceptors (Lipinski definition) is 8. The van der Waals surface area contributed by atoms with Gasteiger partial charge in [0.2, 0.25) is 5.91 Å². The summed E-state index contributed by atoms with van der Waals surface area (Å²) in [6.07, 6.45) is 34.6. The molecule has 0 aromatic rings. The highest BCUT2D eigenvalue weighted by Crippen LogP contribution is 2.22. The second kappa shape index (κ2) is 34.9. The molecule has 1 saturated heterocycles. The van der Waals surface area contributed by atoms with E-state index in [1.54, 1.807) is 6.08 Å². The average Bonchev–Trinajstić information content (AvgIpc) is 3.16. The van der Waals surface area contributed by atoms with Crippen LogP contribution in [0.4, 0.5) is 0 Å². The number of rotatable bonds is 35. The number of carbonyl (C=O) groups excluding carboxylic acids is 1. The van der Waals surface area contributed by atoms with Gasteiger partial charge in [0.15, 0.2) is 6.29 Å². The molecule has 0 aromatic heterocycles. The summed E-state index contributed by atoms with van der Waals surface area (Å²) < 4.78 is 11.2. The fraction of sp³-hybridized carbons (Fsp3) is 0.841. The molecule has 7 atom stereocenters. The van der Waals surface area contributed by atoms with E-state index < -0.39 is 49.5 Å². The molecule has 6 N–H and O–H groups in total. The molecular weight excluding hydrogens is 670 g/mol. The van der Waals surface area contributed by atoms with Crippen LogP contribution in [0, 0.1) is 0 Å². The van der Waals surface area contributed by atoms with E-state index in [1.165, 1.54) is 89.9 Å². The Morgan fingerprint density at radius 3 is 1.68 bits per heavy atom. The number of ether oxygens (including phenoxy) is 2. The van der Waals surface area contributed by atoms with Gasteiger partial charge in [-0.15, -0.1) is 0 Å². The molecule has 9 nitrogen and oxygen atoms in total. The van der Waals surface area contributed by atoms with E-state index in [2.05, 4.69) is 43.5 Å². The van der Waals surface area contributed by atoms with Crippen LogP contribution in [0.5, 0.6) is 0 Å². The molecule has 0 aliphatic carbocycles. The number of hydrogen-bond donors (Lipinski definition) is 6. The molecule has 0 radical (unpaired) electrons. The monoisotopic (exact) mass is 752 g/mol. The van der Waals surface area contributed by atoms with Gasteiger partial charge in [0.25, 0.3) is 0 Å². The second-order valence-electron chi connectivity index (χ2n) is 15.1. The van der Waals surface area contributed by atoms with Crippen molar-refractivity contribution in [1.82, 2.24) is 5.32 Å². The fourth-order valence-electron chi connectivity index (χ4n) is 6.64. The summed E-state index contributed by atoms with van der Waals surface area (Å²) in [4.78, 5) is 12.9. The number of unbranched alkanes of at least 4 members (excludes halogenated alkanes) is 21. The Labute approximate surface area is 323 Å². The Hall–Kier alpha value is -1.59. The fourth-order valence-corrected chi connectivity index (χ4v) is 6.64. The molecule has 0 aromatic carbocycles. The molecule has 1 aliphatic heterocycles. The highest BCUT2D eigenvalue weighted by Gasteiger charge is 2.44. The van der Waals surface area contributed by atoms with E-state index in [1.807, 2.05) is 6.08 Å². The Balaban J connectivity index is 2.41. The highest BCUT2D eigenvalue weighted by molar-refractivity contribution is 5.76. The maximum atomic E-state index is 12.9. The lowest BCUT2D eigenvalue weighted by Gasteiger charge is -2.40. The summed E-state index contributed by atoms with van der Waals surface area (Å²) in [5.41, 5.74) is 0. The summed E-state index contributed by atoms with van der Waals surface area (Å²) in [6.45, 7) is 3.71. The smallest absolute Gasteiger partial charge is 0.220 e. The van der Waals surface area contributed by atoms with Gasteiger partial charge in [0.1, 0.15) is 24.4 Å². The van der Waals surface area contributed by atoms with Crippen molar-refractivity contribution < 1.29 is 39.8 Å². The standard InChI is InChI=1S/C44H81NO8/c1-3-5-7-9-11-13-15-17-19-20-21-23-25-27-29-31-33-38(47)37(36-52-44-43(51)42(50)41(49)39(35-46)53-44)45-40(48)34-32-30-28-26-24-22-18-16-14-12-10-8-6-4-2/h10,12,16,18,31,33,37-39,41-44,46-47,49-51H,3-9,11,13-15,17,19-30,32,34-36H2,1-2H3,(H,45,48)/b12-10-,18-16-,33-31+. The van der Waals surface area contributed by atoms with Crippen LogP contribution in [-0.2, 0) is 14.3 Å². The minimum atomic E-state index is -1.57. The molecule has 9 heteroatoms. The van der Waals surface area contributed by atoms with E-state index >= 15 is 0 Å². The summed E-state index contributed by atoms with van der Waals surface area (Å²) in [7, 11) is 0. The SMILES string of the molecule is CCCC/C=C\C/C=C\CCCCCCCC(=O)NC(COC1OC(CO)C(O)C(O)C1O)C(O)/C=C/CCCCCCCCCCCCCCCC. The van der Waals surface area contributed by atoms with Gasteiger partial charge in [-0.05, 0) is 44.9 Å². The van der Waals surface area contributed by atoms with Crippen LogP contribution >= 0.6 is 0 Å². The van der Waals surface area contributed by atoms with Crippen LogP contribution in [0.15, 0.2) is 36.5 Å². The van der Waals surface area contributed by atoms with Gasteiger partial charge < -0.3 is 40.3 Å². The van der Waals surface area contributed by atoms with Crippen molar-refractivity contribution in [2.45, 2.75) is 224 Å². The first-order chi connectivity index (χ1) is 25.8. The lowest BCUT2D eigenvalue weighted by Crippen LogP contribution is -2.60. The van der Waals surface area contributed by atoms with E-state index in [0.29, 0.717) is 6.42 Å². The van der Waals surface area contributed by atoms with Gasteiger partial charge >= 0.3 is 0 Å². The van der Waals surface area contributed by atoms with E-state index in [0.717, 1.165) is 70.6 Å². The molecule has 1 heterocycles. The number of amides is 1. The maximum absolute atomic E-state index is 12.9. The zero-order valence-corrected chi connectivity index (χ0v) is 33.8. The first-order valence-corrected chi connectivity index (χ1v) is 21.7. The predicted octanol–water partition coefficient (Wildman–Crippen LogP) is 8.50. The predicted molar refractivity (Wildman–Crippen MR) is 216 cm³/mol. The molecule has 1 fully saturated rings. The number of aliphatic hydroxyl groups is 5. The maximum Gasteiger partial charge on any atom is 0.220 e. The Morgan fingerprint density at radius 1 is 0.642 bits per heavy atom. The Morgan fingerprint density at radius 2 is 1.13 bits per heavy atom. The largest absolute Gasteiger partial charge is 0.394 e. The molecule has 310 valence electrons. The summed E-state index contributed by atoms with van der Waals surface area (Å²) in [5.74, 6) is -0.193. The first-order valence-electron chi connectivity index (χ1n) is 21.7. The molecule has 7 unspecified atom stereocenters. The second-order valence-corrected chi connectivity index (χ2v) is 15.1. The van der Waals surface area contributed by atoms with Crippen molar-refractivity contribution in [3.8, 4) is 0 Å². The van der Waals surface area contributed by atoms with Crippen LogP contribution in [0.2, 0.25) is 0 Å². The lowest BCUT2D eigenvalue weighted by atomic mass is 9.99. The third kappa shape index (κ3) is 26.0. The molecular formula is C44H81NO8. The Kier molecular flexibility index (Phi) is 32.5. The van der Waals surface area contributed by atoms with E-state index in [4.69, 9.17) is 9.47 Å². The number of aliphatic hydroxyl groups excluding tert-OH is 5. The lowest BCUT2D eigenvalue weighted by molar-refractivity contribution is -0.302. The highest BCUT2D eigenvalue weighted by atomic mass is 16.7. The van der Waals surface area contributed by atoms with Crippen molar-refractivity contribution in [2.75, 3.05) is 13.2 Å². The normalized spacial score (nSPS) is 22.0. The third-order valence-electron chi connectivity index (χ3n) is 10.2. The van der Waals surface area contributed by atoms with Crippen molar-refractivity contribution in [1.29, 1.82) is 0 Å². The minimum absolute atomic E-state index is 0.193. The van der Waals surface area contributed by atoms with Crippen molar-refractivity contribution in [2.24, 2.45) is 0 Å². The van der Waals surface area contributed by atoms with Crippen LogP contribution in [0.25, 0.3) is 0 Å². The number of allylic oxidation sites excluding steroid dienone is 5. The minimum Gasteiger partial charge on any atom is -0.394 e. The van der Waals surface area contributed by atoms with Crippen molar-refractivity contribution in [3.05, 3.63) is 36.5 Å². The summed E-state index contributed by atoms with van der Waals surface area (Å²) in [6, 6.07) is -0.810. The zero-order chi connectivity index (χ0) is 38.8. The number of carbonyl (C=O) groups is 1. The van der Waals surface area contributed by atoms with E-state index in [9.17, 15) is 30.3 Å². The Bertz CT molecular complexity index is 925. The van der Waals surface area contributed by atoms with Crippen LogP contribution in [0.1, 0.15) is 181 Å². The summed E-state index contributed by atoms with van der Waals surface area (Å²) in [5, 5.41) is 54.1. The third-order valence-corrected chi connectivity index (χ3v) is 10.2. The molecule has 0 spiro atoms. The molecule has 1 aliphatic rings. The van der Waals surface area contributed by atoms with Gasteiger partial charge in [0.05, 0.1) is 25.4 Å². The quantitative estimate of drug-likeness (QED) is 0.0279. The molecule has 53 heavy (non-hydrogen) atoms. The van der Waals surface area contributed by atoms with Crippen LogP contribution < -0.4 is 5.32 Å². The van der Waals surface area contributed by atoms with Gasteiger partial charge in [0, 0.05) is 6.42 Å². The van der Waals surface area contributed by atoms with E-state index in [-0.39, 0.29) is 12.5 Å². The number of nitrogens with one attached hydrogen (secondary N) is 1. The van der Waals surface area contributed by atoms with Gasteiger partial charge in [-0.3, -0.25) is 4.79 Å². The van der Waals surface area contributed by atoms with Crippen LogP contribution in [-0.4, -0.2) is 87.5 Å². The molecule has 1 amide bonds. The van der Waals surface area contributed by atoms with Gasteiger partial charge in [-0.2, -0.15) is 0 Å². The topological polar surface area (TPSA) is 149 Å². The molecule has 0 bridgehead atoms. The van der Waals surface area contributed by atoms with Crippen LogP contribution in [0.3, 0.4) is 0 Å². The molecule has 0 saturated carbocycles. The van der Waals surface area contributed by atoms with Crippen molar-refractivity contribution in [3.63, 3.8) is 0 Å². The first kappa shape index (κ1) is 49.4. The van der Waals surface area contributed by atoms with Gasteiger partial charge in [-0.25, -0.2) is 0 Å². The van der Waals surface area contributed by atoms with Crippen molar-refractivity contribution >= 4 is 5.91 Å². The molecule has 1 rings (SSSR count). The average molecular weight is 752 g/mol.